The molecule has 1 aliphatic heterocycles. The van der Waals surface area contributed by atoms with Crippen LogP contribution in [0.2, 0.25) is 0 Å². The largest absolute Gasteiger partial charge is 0.495 e. The summed E-state index contributed by atoms with van der Waals surface area (Å²) in [5.74, 6) is 2.09. The van der Waals surface area contributed by atoms with Gasteiger partial charge in [0.15, 0.2) is 22.1 Å². The second-order valence-electron chi connectivity index (χ2n) is 9.61. The maximum Gasteiger partial charge on any atom is 0.270 e. The van der Waals surface area contributed by atoms with Crippen LogP contribution in [0.3, 0.4) is 0 Å². The summed E-state index contributed by atoms with van der Waals surface area (Å²) in [6.45, 7) is 1.21. The molecule has 2 aromatic heterocycles. The van der Waals surface area contributed by atoms with Crippen LogP contribution in [0.25, 0.3) is 11.0 Å². The first kappa shape index (κ1) is 25.3. The highest BCUT2D eigenvalue weighted by molar-refractivity contribution is 7.93. The monoisotopic (exact) mass is 555 g/mol. The Morgan fingerprint density at radius 2 is 1.69 bits per heavy atom. The van der Waals surface area contributed by atoms with Gasteiger partial charge in [-0.15, -0.1) is 0 Å². The highest BCUT2D eigenvalue weighted by atomic mass is 32.2. The zero-order chi connectivity index (χ0) is 27.1. The molecule has 1 saturated heterocycles. The van der Waals surface area contributed by atoms with Crippen molar-refractivity contribution in [3.8, 4) is 17.2 Å². The normalized spacial score (nSPS) is 17.4. The smallest absolute Gasteiger partial charge is 0.270 e. The molecule has 6 rings (SSSR count). The zero-order valence-electron chi connectivity index (χ0n) is 21.7. The van der Waals surface area contributed by atoms with Crippen molar-refractivity contribution < 1.29 is 31.9 Å². The molecule has 1 atom stereocenters. The van der Waals surface area contributed by atoms with Gasteiger partial charge in [-0.05, 0) is 43.0 Å². The van der Waals surface area contributed by atoms with Crippen molar-refractivity contribution >= 4 is 38.3 Å². The molecule has 0 spiro atoms. The first-order valence-corrected chi connectivity index (χ1v) is 14.0. The lowest BCUT2D eigenvalue weighted by Gasteiger charge is -2.18. The SMILES string of the molecule is COc1cc2c(NS(=O)(=O)c3c(OC)cc([C@@H]4CCOC4)cc3OC)noc2cc1Nc1cc(C2CC2)[nH]n1. The van der Waals surface area contributed by atoms with E-state index in [0.29, 0.717) is 47.4 Å². The fourth-order valence-electron chi connectivity index (χ4n) is 4.82. The number of rotatable bonds is 10. The average Bonchev–Trinajstić information content (AvgIpc) is 3.29. The summed E-state index contributed by atoms with van der Waals surface area (Å²) in [7, 11) is 0.156. The van der Waals surface area contributed by atoms with Gasteiger partial charge in [-0.25, -0.2) is 8.42 Å². The van der Waals surface area contributed by atoms with Crippen molar-refractivity contribution in [1.82, 2.24) is 15.4 Å². The number of sulfonamides is 1. The van der Waals surface area contributed by atoms with E-state index in [9.17, 15) is 8.42 Å². The molecule has 0 bridgehead atoms. The van der Waals surface area contributed by atoms with Crippen LogP contribution in [-0.4, -0.2) is 58.3 Å². The predicted octanol–water partition coefficient (Wildman–Crippen LogP) is 4.50. The number of aromatic amines is 1. The van der Waals surface area contributed by atoms with Gasteiger partial charge in [0.25, 0.3) is 10.0 Å². The number of benzene rings is 2. The van der Waals surface area contributed by atoms with Gasteiger partial charge >= 0.3 is 0 Å². The lowest BCUT2D eigenvalue weighted by molar-refractivity contribution is 0.194. The predicted molar refractivity (Wildman–Crippen MR) is 143 cm³/mol. The molecule has 3 heterocycles. The topological polar surface area (TPSA) is 150 Å². The highest BCUT2D eigenvalue weighted by Crippen LogP contribution is 2.42. The molecule has 1 saturated carbocycles. The lowest BCUT2D eigenvalue weighted by atomic mass is 9.98. The molecule has 1 aliphatic carbocycles. The number of nitrogens with one attached hydrogen (secondary N) is 3. The first-order chi connectivity index (χ1) is 18.9. The average molecular weight is 556 g/mol. The minimum absolute atomic E-state index is 0.00279. The van der Waals surface area contributed by atoms with E-state index in [1.54, 1.807) is 24.3 Å². The maximum absolute atomic E-state index is 13.6. The summed E-state index contributed by atoms with van der Waals surface area (Å²) >= 11 is 0. The second kappa shape index (κ2) is 9.97. The van der Waals surface area contributed by atoms with E-state index < -0.39 is 10.0 Å². The summed E-state index contributed by atoms with van der Waals surface area (Å²) in [5.41, 5.74) is 2.92. The Morgan fingerprint density at radius 1 is 0.949 bits per heavy atom. The zero-order valence-corrected chi connectivity index (χ0v) is 22.6. The molecule has 39 heavy (non-hydrogen) atoms. The van der Waals surface area contributed by atoms with Crippen molar-refractivity contribution in [2.45, 2.75) is 36.0 Å². The fraction of sp³-hybridized carbons (Fsp3) is 0.385. The summed E-state index contributed by atoms with van der Waals surface area (Å²) in [6, 6.07) is 8.72. The number of fused-ring (bicyclic) bond motifs is 1. The van der Waals surface area contributed by atoms with Gasteiger partial charge in [0, 0.05) is 36.3 Å². The summed E-state index contributed by atoms with van der Waals surface area (Å²) < 4.78 is 57.3. The Hall–Kier alpha value is -3.97. The number of methoxy groups -OCH3 is 3. The number of H-pyrrole nitrogens is 1. The number of ether oxygens (including phenoxy) is 4. The van der Waals surface area contributed by atoms with E-state index in [2.05, 4.69) is 25.4 Å². The molecule has 13 heteroatoms. The molecule has 2 aromatic carbocycles. The van der Waals surface area contributed by atoms with Gasteiger partial charge in [-0.2, -0.15) is 5.10 Å². The van der Waals surface area contributed by atoms with Gasteiger partial charge in [-0.3, -0.25) is 9.82 Å². The Labute approximate surface area is 225 Å². The Kier molecular flexibility index (Phi) is 6.47. The molecule has 0 unspecified atom stereocenters. The van der Waals surface area contributed by atoms with E-state index >= 15 is 0 Å². The van der Waals surface area contributed by atoms with Crippen molar-refractivity contribution in [1.29, 1.82) is 0 Å². The van der Waals surface area contributed by atoms with Crippen LogP contribution in [-0.2, 0) is 14.8 Å². The van der Waals surface area contributed by atoms with E-state index in [1.807, 2.05) is 6.07 Å². The molecular formula is C26H29N5O7S. The fourth-order valence-corrected chi connectivity index (χ4v) is 6.14. The van der Waals surface area contributed by atoms with Crippen LogP contribution >= 0.6 is 0 Å². The molecule has 3 N–H and O–H groups in total. The molecule has 2 fully saturated rings. The third kappa shape index (κ3) is 4.83. The minimum Gasteiger partial charge on any atom is -0.495 e. The highest BCUT2D eigenvalue weighted by Gasteiger charge is 2.30. The number of hydrogen-bond acceptors (Lipinski definition) is 10. The Balaban J connectivity index is 1.32. The molecule has 2 aliphatic rings. The van der Waals surface area contributed by atoms with Crippen LogP contribution in [0.4, 0.5) is 17.3 Å². The summed E-state index contributed by atoms with van der Waals surface area (Å²) in [4.78, 5) is -0.137. The van der Waals surface area contributed by atoms with Crippen molar-refractivity contribution in [2.24, 2.45) is 0 Å². The van der Waals surface area contributed by atoms with Crippen molar-refractivity contribution in [3.63, 3.8) is 0 Å². The van der Waals surface area contributed by atoms with Gasteiger partial charge in [0.2, 0.25) is 0 Å². The van der Waals surface area contributed by atoms with E-state index in [-0.39, 0.29) is 28.1 Å². The lowest BCUT2D eigenvalue weighted by Crippen LogP contribution is -2.16. The molecule has 12 nitrogen and oxygen atoms in total. The van der Waals surface area contributed by atoms with Crippen LogP contribution in [0.5, 0.6) is 17.2 Å². The Bertz CT molecular complexity index is 1600. The third-order valence-corrected chi connectivity index (χ3v) is 8.46. The van der Waals surface area contributed by atoms with E-state index in [4.69, 9.17) is 23.5 Å². The molecule has 0 amide bonds. The maximum atomic E-state index is 13.6. The van der Waals surface area contributed by atoms with Gasteiger partial charge in [0.1, 0.15) is 17.2 Å². The first-order valence-electron chi connectivity index (χ1n) is 12.6. The number of anilines is 3. The minimum atomic E-state index is -4.20. The van der Waals surface area contributed by atoms with Crippen LogP contribution in [0, 0.1) is 0 Å². The molecule has 0 radical (unpaired) electrons. The quantitative estimate of drug-likeness (QED) is 0.255. The van der Waals surface area contributed by atoms with Crippen molar-refractivity contribution in [2.75, 3.05) is 44.6 Å². The van der Waals surface area contributed by atoms with Gasteiger partial charge in [-0.1, -0.05) is 5.16 Å². The van der Waals surface area contributed by atoms with Gasteiger partial charge in [0.05, 0.1) is 39.0 Å². The van der Waals surface area contributed by atoms with Crippen LogP contribution < -0.4 is 24.2 Å². The van der Waals surface area contributed by atoms with Crippen LogP contribution in [0.1, 0.15) is 42.4 Å². The Morgan fingerprint density at radius 3 is 2.33 bits per heavy atom. The third-order valence-electron chi connectivity index (χ3n) is 7.05. The molecule has 4 aromatic rings. The number of hydrogen-bond donors (Lipinski definition) is 3. The standard InChI is InChI=1S/C26H29N5O7S/c1-34-21-10-17-20(11-19(21)27-24-12-18(28-29-24)14-4-5-14)38-30-26(17)31-39(32,33)25-22(35-2)8-16(9-23(25)36-3)15-6-7-37-13-15/h8-12,14-15H,4-7,13H2,1-3H3,(H,30,31)(H2,27,28,29)/t15-/m1/s1. The summed E-state index contributed by atoms with van der Waals surface area (Å²) in [6.07, 6.45) is 3.15. The second-order valence-corrected chi connectivity index (χ2v) is 11.2. The van der Waals surface area contributed by atoms with E-state index in [1.165, 1.54) is 21.3 Å². The summed E-state index contributed by atoms with van der Waals surface area (Å²) in [5, 5.41) is 15.0. The number of aromatic nitrogens is 3. The van der Waals surface area contributed by atoms with E-state index in [0.717, 1.165) is 30.5 Å². The van der Waals surface area contributed by atoms with Crippen molar-refractivity contribution in [3.05, 3.63) is 41.6 Å². The number of nitrogens with zero attached hydrogens (tertiary/aromatic N) is 2. The van der Waals surface area contributed by atoms with Crippen LogP contribution in [0.15, 0.2) is 39.8 Å². The van der Waals surface area contributed by atoms with Gasteiger partial charge < -0.3 is 28.8 Å². The molecular weight excluding hydrogens is 526 g/mol. The molecule has 206 valence electrons.